The number of β-amino-alcohol motifs (C(OH)–C–C–N with tert-alkyl or cyclic N) is 1. The first-order valence-electron chi connectivity index (χ1n) is 6.70. The van der Waals surface area contributed by atoms with Gasteiger partial charge in [-0.15, -0.1) is 0 Å². The number of aromatic nitrogens is 4. The smallest absolute Gasteiger partial charge is 0.257 e. The Morgan fingerprint density at radius 1 is 1.45 bits per heavy atom. The predicted molar refractivity (Wildman–Crippen MR) is 71.2 cm³/mol. The molecule has 1 saturated heterocycles. The summed E-state index contributed by atoms with van der Waals surface area (Å²) < 4.78 is 1.55. The Morgan fingerprint density at radius 2 is 2.25 bits per heavy atom. The van der Waals surface area contributed by atoms with Gasteiger partial charge in [0.1, 0.15) is 6.33 Å². The molecule has 0 aliphatic carbocycles. The van der Waals surface area contributed by atoms with Crippen molar-refractivity contribution in [3.63, 3.8) is 0 Å². The van der Waals surface area contributed by atoms with E-state index in [0.717, 1.165) is 6.42 Å². The molecular formula is C13H17N5O2. The molecule has 0 spiro atoms. The van der Waals surface area contributed by atoms with Gasteiger partial charge >= 0.3 is 0 Å². The van der Waals surface area contributed by atoms with E-state index >= 15 is 0 Å². The van der Waals surface area contributed by atoms with E-state index < -0.39 is 6.10 Å². The van der Waals surface area contributed by atoms with Gasteiger partial charge in [0, 0.05) is 19.3 Å². The van der Waals surface area contributed by atoms with Gasteiger partial charge in [0.15, 0.2) is 0 Å². The van der Waals surface area contributed by atoms with Crippen molar-refractivity contribution in [1.82, 2.24) is 24.5 Å². The molecule has 1 aliphatic heterocycles. The molecule has 0 radical (unpaired) electrons. The molecule has 1 aliphatic rings. The molecule has 3 rings (SSSR count). The van der Waals surface area contributed by atoms with E-state index in [0.29, 0.717) is 30.1 Å². The van der Waals surface area contributed by atoms with E-state index in [1.807, 2.05) is 13.8 Å². The maximum absolute atomic E-state index is 12.6. The molecule has 0 aromatic carbocycles. The summed E-state index contributed by atoms with van der Waals surface area (Å²) in [6.07, 6.45) is 3.29. The molecule has 1 N–H and O–H groups in total. The van der Waals surface area contributed by atoms with Crippen LogP contribution in [-0.4, -0.2) is 54.7 Å². The molecule has 7 heteroatoms. The number of hydrogen-bond acceptors (Lipinski definition) is 5. The van der Waals surface area contributed by atoms with E-state index in [9.17, 15) is 9.90 Å². The van der Waals surface area contributed by atoms with Crippen LogP contribution in [0.5, 0.6) is 0 Å². The quantitative estimate of drug-likeness (QED) is 0.808. The van der Waals surface area contributed by atoms with Crippen molar-refractivity contribution in [3.05, 3.63) is 23.8 Å². The van der Waals surface area contributed by atoms with Gasteiger partial charge in [-0.25, -0.2) is 9.50 Å². The van der Waals surface area contributed by atoms with E-state index in [1.54, 1.807) is 9.42 Å². The van der Waals surface area contributed by atoms with Crippen LogP contribution in [0.15, 0.2) is 12.5 Å². The molecule has 106 valence electrons. The van der Waals surface area contributed by atoms with Crippen LogP contribution in [0, 0.1) is 12.8 Å². The zero-order chi connectivity index (χ0) is 14.3. The minimum Gasteiger partial charge on any atom is -0.391 e. The maximum atomic E-state index is 12.6. The fraction of sp³-hybridized carbons (Fsp3) is 0.538. The summed E-state index contributed by atoms with van der Waals surface area (Å²) in [6, 6.07) is 0. The van der Waals surface area contributed by atoms with Crippen molar-refractivity contribution in [3.8, 4) is 0 Å². The van der Waals surface area contributed by atoms with Crippen molar-refractivity contribution >= 4 is 11.7 Å². The number of hydrogen-bond donors (Lipinski definition) is 1. The number of carbonyl (C=O) groups excluding carboxylic acids is 1. The monoisotopic (exact) mass is 275 g/mol. The van der Waals surface area contributed by atoms with Crippen LogP contribution in [0.3, 0.4) is 0 Å². The molecule has 1 amide bonds. The minimum atomic E-state index is -0.462. The third-order valence-electron chi connectivity index (χ3n) is 3.98. The molecule has 2 aromatic rings. The van der Waals surface area contributed by atoms with Gasteiger partial charge in [0.25, 0.3) is 11.7 Å². The Balaban J connectivity index is 1.90. The highest BCUT2D eigenvalue weighted by atomic mass is 16.3. The van der Waals surface area contributed by atoms with Crippen molar-refractivity contribution in [2.75, 3.05) is 13.1 Å². The first kappa shape index (κ1) is 13.0. The van der Waals surface area contributed by atoms with Crippen LogP contribution in [0.25, 0.3) is 5.78 Å². The molecule has 1 fully saturated rings. The fourth-order valence-corrected chi connectivity index (χ4v) is 2.50. The largest absolute Gasteiger partial charge is 0.391 e. The Bertz CT molecular complexity index is 653. The van der Waals surface area contributed by atoms with Crippen molar-refractivity contribution in [1.29, 1.82) is 0 Å². The van der Waals surface area contributed by atoms with Crippen molar-refractivity contribution in [2.45, 2.75) is 26.4 Å². The van der Waals surface area contributed by atoms with Gasteiger partial charge in [-0.3, -0.25) is 4.79 Å². The molecule has 2 unspecified atom stereocenters. The molecule has 7 nitrogen and oxygen atoms in total. The van der Waals surface area contributed by atoms with Gasteiger partial charge in [-0.2, -0.15) is 10.1 Å². The third kappa shape index (κ3) is 2.03. The van der Waals surface area contributed by atoms with E-state index in [1.165, 1.54) is 12.5 Å². The third-order valence-corrected chi connectivity index (χ3v) is 3.98. The second-order valence-electron chi connectivity index (χ2n) is 5.31. The van der Waals surface area contributed by atoms with Crippen LogP contribution in [0.2, 0.25) is 0 Å². The Labute approximate surface area is 116 Å². The number of piperidine rings is 1. The van der Waals surface area contributed by atoms with Crippen LogP contribution >= 0.6 is 0 Å². The number of amides is 1. The lowest BCUT2D eigenvalue weighted by Gasteiger charge is -2.34. The molecular weight excluding hydrogens is 258 g/mol. The average molecular weight is 275 g/mol. The predicted octanol–water partition coefficient (Wildman–Crippen LogP) is 0.276. The lowest BCUT2D eigenvalue weighted by atomic mass is 9.95. The second kappa shape index (κ2) is 4.82. The van der Waals surface area contributed by atoms with Crippen molar-refractivity contribution in [2.24, 2.45) is 5.92 Å². The Kier molecular flexibility index (Phi) is 3.13. The highest BCUT2D eigenvalue weighted by Crippen LogP contribution is 2.20. The molecule has 20 heavy (non-hydrogen) atoms. The van der Waals surface area contributed by atoms with Gasteiger partial charge in [-0.1, -0.05) is 6.92 Å². The number of fused-ring (bicyclic) bond motifs is 1. The Hall–Kier alpha value is -2.02. The normalized spacial score (nSPS) is 23.2. The lowest BCUT2D eigenvalue weighted by molar-refractivity contribution is 0.0247. The highest BCUT2D eigenvalue weighted by molar-refractivity contribution is 5.95. The molecule has 0 saturated carbocycles. The highest BCUT2D eigenvalue weighted by Gasteiger charge is 2.29. The number of aliphatic hydroxyl groups excluding tert-OH is 1. The summed E-state index contributed by atoms with van der Waals surface area (Å²) >= 11 is 0. The molecule has 0 bridgehead atoms. The van der Waals surface area contributed by atoms with Gasteiger partial charge < -0.3 is 10.0 Å². The minimum absolute atomic E-state index is 0.113. The summed E-state index contributed by atoms with van der Waals surface area (Å²) in [5.74, 6) is 0.598. The zero-order valence-corrected chi connectivity index (χ0v) is 11.5. The first-order chi connectivity index (χ1) is 9.58. The van der Waals surface area contributed by atoms with E-state index in [2.05, 4.69) is 15.1 Å². The van der Waals surface area contributed by atoms with Crippen LogP contribution in [-0.2, 0) is 0 Å². The summed E-state index contributed by atoms with van der Waals surface area (Å²) in [5, 5.41) is 14.0. The average Bonchev–Trinajstić information content (AvgIpc) is 2.91. The van der Waals surface area contributed by atoms with Crippen molar-refractivity contribution < 1.29 is 9.90 Å². The van der Waals surface area contributed by atoms with Gasteiger partial charge in [-0.05, 0) is 19.3 Å². The van der Waals surface area contributed by atoms with Crippen LogP contribution in [0.1, 0.15) is 29.4 Å². The van der Waals surface area contributed by atoms with Crippen LogP contribution in [0.4, 0.5) is 0 Å². The van der Waals surface area contributed by atoms with E-state index in [4.69, 9.17) is 0 Å². The lowest BCUT2D eigenvalue weighted by Crippen LogP contribution is -2.46. The summed E-state index contributed by atoms with van der Waals surface area (Å²) in [4.78, 5) is 22.4. The van der Waals surface area contributed by atoms with Gasteiger partial charge in [0.2, 0.25) is 0 Å². The number of nitrogens with zero attached hydrogens (tertiary/aromatic N) is 5. The SMILES string of the molecule is Cc1c(C(=O)N2CCC(C)C(O)C2)cnc2ncnn12. The van der Waals surface area contributed by atoms with E-state index in [-0.39, 0.29) is 11.8 Å². The van der Waals surface area contributed by atoms with Gasteiger partial charge in [0.05, 0.1) is 17.4 Å². The molecule has 2 aromatic heterocycles. The zero-order valence-electron chi connectivity index (χ0n) is 11.5. The number of carbonyl (C=O) groups is 1. The molecule has 2 atom stereocenters. The van der Waals surface area contributed by atoms with Crippen LogP contribution < -0.4 is 0 Å². The summed E-state index contributed by atoms with van der Waals surface area (Å²) in [5.41, 5.74) is 1.22. The topological polar surface area (TPSA) is 83.6 Å². The number of aryl methyl sites for hydroxylation is 1. The summed E-state index contributed by atoms with van der Waals surface area (Å²) in [6.45, 7) is 4.85. The second-order valence-corrected chi connectivity index (χ2v) is 5.31. The number of aliphatic hydroxyl groups is 1. The standard InChI is InChI=1S/C13H17N5O2/c1-8-3-4-17(6-11(8)19)12(20)10-5-14-13-15-7-16-18(13)9(10)2/h5,7-8,11,19H,3-4,6H2,1-2H3. The first-order valence-corrected chi connectivity index (χ1v) is 6.70. The number of likely N-dealkylation sites (tertiary alicyclic amines) is 1. The Morgan fingerprint density at radius 3 is 3.00 bits per heavy atom. The summed E-state index contributed by atoms with van der Waals surface area (Å²) in [7, 11) is 0. The number of rotatable bonds is 1. The maximum Gasteiger partial charge on any atom is 0.257 e. The molecule has 3 heterocycles. The fourth-order valence-electron chi connectivity index (χ4n) is 2.50.